The number of nitrogens with one attached hydrogen (secondary N) is 2. The van der Waals surface area contributed by atoms with Gasteiger partial charge in [0.25, 0.3) is 0 Å². The summed E-state index contributed by atoms with van der Waals surface area (Å²) in [4.78, 5) is 14.4. The molecule has 2 heterocycles. The van der Waals surface area contributed by atoms with Crippen molar-refractivity contribution in [3.63, 3.8) is 0 Å². The zero-order chi connectivity index (χ0) is 14.6. The minimum atomic E-state index is -3.80. The van der Waals surface area contributed by atoms with Crippen LogP contribution in [0, 0.1) is 0 Å². The van der Waals surface area contributed by atoms with E-state index >= 15 is 0 Å². The predicted molar refractivity (Wildman–Crippen MR) is 71.2 cm³/mol. The number of rotatable bonds is 7. The van der Waals surface area contributed by atoms with Gasteiger partial charge in [-0.1, -0.05) is 0 Å². The fourth-order valence-corrected chi connectivity index (χ4v) is 3.89. The topological polar surface area (TPSA) is 125 Å². The number of aromatic carboxylic acids is 1. The highest BCUT2D eigenvalue weighted by molar-refractivity contribution is 7.89. The largest absolute Gasteiger partial charge is 0.477 e. The van der Waals surface area contributed by atoms with E-state index in [2.05, 4.69) is 19.9 Å². The molecule has 2 rings (SSSR count). The normalized spacial score (nSPS) is 11.6. The number of aromatic nitrogens is 3. The number of sulfonamides is 1. The first-order valence-corrected chi connectivity index (χ1v) is 8.01. The standard InChI is InChI=1S/C10H12N4O4S2/c15-10(16)9-7(3-5-19-9)20(17,18)13-4-1-2-8-11-6-12-14-8/h3,5-6,13H,1-2,4H2,(H,15,16)(H,11,12,14). The highest BCUT2D eigenvalue weighted by Gasteiger charge is 2.23. The summed E-state index contributed by atoms with van der Waals surface area (Å²) in [6.07, 6.45) is 2.46. The number of nitrogens with zero attached hydrogens (tertiary/aromatic N) is 2. The maximum atomic E-state index is 12.0. The third-order valence-corrected chi connectivity index (χ3v) is 5.00. The van der Waals surface area contributed by atoms with Crippen molar-refractivity contribution in [2.24, 2.45) is 0 Å². The van der Waals surface area contributed by atoms with Crippen molar-refractivity contribution in [2.45, 2.75) is 17.7 Å². The first-order valence-electron chi connectivity index (χ1n) is 5.65. The Labute approximate surface area is 118 Å². The summed E-state index contributed by atoms with van der Waals surface area (Å²) in [6, 6.07) is 1.28. The Morgan fingerprint density at radius 1 is 1.50 bits per heavy atom. The number of H-pyrrole nitrogens is 1. The third-order valence-electron chi connectivity index (χ3n) is 2.46. The molecule has 0 radical (unpaired) electrons. The van der Waals surface area contributed by atoms with Gasteiger partial charge in [-0.3, -0.25) is 5.10 Å². The molecule has 2 aromatic heterocycles. The molecule has 0 spiro atoms. The number of hydrogen-bond donors (Lipinski definition) is 3. The minimum Gasteiger partial charge on any atom is -0.477 e. The van der Waals surface area contributed by atoms with Crippen LogP contribution in [0.25, 0.3) is 0 Å². The van der Waals surface area contributed by atoms with Crippen LogP contribution < -0.4 is 4.72 Å². The van der Waals surface area contributed by atoms with E-state index in [-0.39, 0.29) is 16.3 Å². The van der Waals surface area contributed by atoms with Gasteiger partial charge in [0, 0.05) is 13.0 Å². The monoisotopic (exact) mass is 316 g/mol. The van der Waals surface area contributed by atoms with E-state index in [1.807, 2.05) is 0 Å². The number of aromatic amines is 1. The molecular weight excluding hydrogens is 304 g/mol. The molecule has 10 heteroatoms. The maximum absolute atomic E-state index is 12.0. The van der Waals surface area contributed by atoms with Gasteiger partial charge in [0.2, 0.25) is 10.0 Å². The molecule has 20 heavy (non-hydrogen) atoms. The van der Waals surface area contributed by atoms with Crippen molar-refractivity contribution in [2.75, 3.05) is 6.54 Å². The smallest absolute Gasteiger partial charge is 0.347 e. The SMILES string of the molecule is O=C(O)c1sccc1S(=O)(=O)NCCCc1ncn[nH]1. The van der Waals surface area contributed by atoms with Crippen LogP contribution in [0.2, 0.25) is 0 Å². The van der Waals surface area contributed by atoms with Gasteiger partial charge in [-0.05, 0) is 17.9 Å². The number of carbonyl (C=O) groups is 1. The Morgan fingerprint density at radius 2 is 2.30 bits per heavy atom. The Kier molecular flexibility index (Phi) is 4.47. The lowest BCUT2D eigenvalue weighted by atomic mass is 10.3. The van der Waals surface area contributed by atoms with Gasteiger partial charge in [-0.25, -0.2) is 22.9 Å². The molecule has 0 unspecified atom stereocenters. The van der Waals surface area contributed by atoms with E-state index in [0.717, 1.165) is 11.3 Å². The van der Waals surface area contributed by atoms with Crippen molar-refractivity contribution in [1.29, 1.82) is 0 Å². The van der Waals surface area contributed by atoms with Crippen LogP contribution in [0.4, 0.5) is 0 Å². The average Bonchev–Trinajstić information content (AvgIpc) is 3.05. The first kappa shape index (κ1) is 14.6. The molecule has 2 aromatic rings. The zero-order valence-electron chi connectivity index (χ0n) is 10.2. The van der Waals surface area contributed by atoms with Crippen LogP contribution in [0.1, 0.15) is 21.9 Å². The molecule has 0 aliphatic heterocycles. The minimum absolute atomic E-state index is 0.187. The summed E-state index contributed by atoms with van der Waals surface area (Å²) in [5.74, 6) is -0.576. The Hall–Kier alpha value is -1.78. The van der Waals surface area contributed by atoms with Crippen molar-refractivity contribution in [3.05, 3.63) is 28.5 Å². The molecule has 0 amide bonds. The van der Waals surface area contributed by atoms with Gasteiger partial charge < -0.3 is 5.11 Å². The number of aryl methyl sites for hydroxylation is 1. The second kappa shape index (κ2) is 6.11. The van der Waals surface area contributed by atoms with Crippen molar-refractivity contribution in [1.82, 2.24) is 19.9 Å². The van der Waals surface area contributed by atoms with E-state index in [9.17, 15) is 13.2 Å². The van der Waals surface area contributed by atoms with Gasteiger partial charge >= 0.3 is 5.97 Å². The molecule has 0 bridgehead atoms. The first-order chi connectivity index (χ1) is 9.50. The molecule has 0 atom stereocenters. The molecule has 0 aliphatic rings. The van der Waals surface area contributed by atoms with Crippen molar-refractivity contribution < 1.29 is 18.3 Å². The Balaban J connectivity index is 1.94. The van der Waals surface area contributed by atoms with E-state index < -0.39 is 16.0 Å². The third kappa shape index (κ3) is 3.40. The summed E-state index contributed by atoms with van der Waals surface area (Å²) in [7, 11) is -3.80. The molecule has 0 fully saturated rings. The number of thiophene rings is 1. The number of carboxylic acids is 1. The number of hydrogen-bond acceptors (Lipinski definition) is 6. The predicted octanol–water partition coefficient (Wildman–Crippen LogP) is 0.476. The number of carboxylic acid groups (broad SMARTS) is 1. The van der Waals surface area contributed by atoms with Gasteiger partial charge in [0.05, 0.1) is 0 Å². The van der Waals surface area contributed by atoms with Crippen molar-refractivity contribution in [3.8, 4) is 0 Å². The second-order valence-corrected chi connectivity index (χ2v) is 6.50. The fraction of sp³-hybridized carbons (Fsp3) is 0.300. The molecule has 0 aromatic carbocycles. The molecular formula is C10H12N4O4S2. The molecule has 0 saturated carbocycles. The fourth-order valence-electron chi connectivity index (χ4n) is 1.56. The Morgan fingerprint density at radius 3 is 2.95 bits per heavy atom. The van der Waals surface area contributed by atoms with Crippen LogP contribution in [-0.2, 0) is 16.4 Å². The maximum Gasteiger partial charge on any atom is 0.347 e. The highest BCUT2D eigenvalue weighted by atomic mass is 32.2. The van der Waals surface area contributed by atoms with Crippen LogP contribution in [0.3, 0.4) is 0 Å². The summed E-state index contributed by atoms with van der Waals surface area (Å²) < 4.78 is 26.3. The Bertz CT molecular complexity index is 678. The van der Waals surface area contributed by atoms with Gasteiger partial charge in [-0.15, -0.1) is 11.3 Å². The van der Waals surface area contributed by atoms with Crippen LogP contribution in [0.15, 0.2) is 22.7 Å². The van der Waals surface area contributed by atoms with E-state index in [1.54, 1.807) is 0 Å². The molecule has 108 valence electrons. The molecule has 8 nitrogen and oxygen atoms in total. The zero-order valence-corrected chi connectivity index (χ0v) is 11.9. The lowest BCUT2D eigenvalue weighted by molar-refractivity contribution is 0.0698. The summed E-state index contributed by atoms with van der Waals surface area (Å²) in [5, 5.41) is 16.7. The lowest BCUT2D eigenvalue weighted by Gasteiger charge is -2.05. The summed E-state index contributed by atoms with van der Waals surface area (Å²) >= 11 is 0.880. The second-order valence-electron chi connectivity index (χ2n) is 3.85. The molecule has 0 aliphatic carbocycles. The average molecular weight is 316 g/mol. The quantitative estimate of drug-likeness (QED) is 0.638. The molecule has 0 saturated heterocycles. The van der Waals surface area contributed by atoms with Crippen LogP contribution >= 0.6 is 11.3 Å². The van der Waals surface area contributed by atoms with Crippen molar-refractivity contribution >= 4 is 27.3 Å². The molecule has 3 N–H and O–H groups in total. The van der Waals surface area contributed by atoms with E-state index in [0.29, 0.717) is 18.7 Å². The summed E-state index contributed by atoms with van der Waals surface area (Å²) in [6.45, 7) is 0.192. The summed E-state index contributed by atoms with van der Waals surface area (Å²) in [5.41, 5.74) is 0. The van der Waals surface area contributed by atoms with Gasteiger partial charge in [0.15, 0.2) is 0 Å². The highest BCUT2D eigenvalue weighted by Crippen LogP contribution is 2.21. The lowest BCUT2D eigenvalue weighted by Crippen LogP contribution is -2.26. The van der Waals surface area contributed by atoms with Crippen LogP contribution in [0.5, 0.6) is 0 Å². The van der Waals surface area contributed by atoms with E-state index in [1.165, 1.54) is 17.8 Å². The van der Waals surface area contributed by atoms with Gasteiger partial charge in [0.1, 0.15) is 21.9 Å². The van der Waals surface area contributed by atoms with E-state index in [4.69, 9.17) is 5.11 Å². The van der Waals surface area contributed by atoms with Crippen LogP contribution in [-0.4, -0.2) is 41.2 Å². The van der Waals surface area contributed by atoms with Gasteiger partial charge in [-0.2, -0.15) is 5.10 Å².